The highest BCUT2D eigenvalue weighted by molar-refractivity contribution is 7.16. The van der Waals surface area contributed by atoms with Crippen LogP contribution < -0.4 is 0 Å². The summed E-state index contributed by atoms with van der Waals surface area (Å²) in [7, 11) is 1.97. The van der Waals surface area contributed by atoms with Crippen molar-refractivity contribution in [2.45, 2.75) is 44.2 Å². The van der Waals surface area contributed by atoms with Gasteiger partial charge in [-0.15, -0.1) is 11.3 Å². The third-order valence-corrected chi connectivity index (χ3v) is 6.98. The Balaban J connectivity index is 1.52. The summed E-state index contributed by atoms with van der Waals surface area (Å²) < 4.78 is 9.22. The zero-order chi connectivity index (χ0) is 16.9. The molecule has 1 fully saturated rings. The molecule has 0 N–H and O–H groups in total. The van der Waals surface area contributed by atoms with Crippen molar-refractivity contribution in [1.29, 1.82) is 0 Å². The van der Waals surface area contributed by atoms with Gasteiger partial charge in [0.05, 0.1) is 22.7 Å². The van der Waals surface area contributed by atoms with E-state index in [0.717, 1.165) is 43.4 Å². The van der Waals surface area contributed by atoms with Gasteiger partial charge in [-0.2, -0.15) is 5.10 Å². The van der Waals surface area contributed by atoms with Crippen molar-refractivity contribution >= 4 is 22.9 Å². The van der Waals surface area contributed by atoms with E-state index in [0.29, 0.717) is 0 Å². The molecule has 0 amide bonds. The fourth-order valence-electron chi connectivity index (χ4n) is 3.96. The van der Waals surface area contributed by atoms with Crippen molar-refractivity contribution in [3.05, 3.63) is 38.8 Å². The molecule has 2 aromatic heterocycles. The second-order valence-electron chi connectivity index (χ2n) is 7.76. The Morgan fingerprint density at radius 2 is 2.08 bits per heavy atom. The van der Waals surface area contributed by atoms with Crippen LogP contribution >= 0.6 is 22.9 Å². The standard InChI is InChI=1S/C18H24ClN3OS/c1-17(2)12-23-18(14-8-15(19)24-16(14)17)4-6-22(7-5-18)11-13-9-20-21(3)10-13/h8-10H,4-7,11-12H2,1-3H3. The summed E-state index contributed by atoms with van der Waals surface area (Å²) >= 11 is 8.09. The van der Waals surface area contributed by atoms with Gasteiger partial charge in [0.15, 0.2) is 0 Å². The lowest BCUT2D eigenvalue weighted by molar-refractivity contribution is -0.116. The van der Waals surface area contributed by atoms with Gasteiger partial charge in [-0.1, -0.05) is 25.4 Å². The molecule has 2 aliphatic heterocycles. The Morgan fingerprint density at radius 3 is 2.75 bits per heavy atom. The van der Waals surface area contributed by atoms with Gasteiger partial charge < -0.3 is 4.74 Å². The first kappa shape index (κ1) is 16.6. The smallest absolute Gasteiger partial charge is 0.0967 e. The summed E-state index contributed by atoms with van der Waals surface area (Å²) in [5, 5.41) is 4.27. The molecule has 2 aliphatic rings. The normalized spacial score (nSPS) is 22.7. The molecule has 130 valence electrons. The molecule has 0 bridgehead atoms. The van der Waals surface area contributed by atoms with E-state index >= 15 is 0 Å². The molecule has 0 radical (unpaired) electrons. The van der Waals surface area contributed by atoms with Crippen molar-refractivity contribution < 1.29 is 4.74 Å². The molecule has 4 heterocycles. The number of nitrogens with zero attached hydrogens (tertiary/aromatic N) is 3. The number of aromatic nitrogens is 2. The molecule has 0 atom stereocenters. The van der Waals surface area contributed by atoms with Crippen LogP contribution in [0.5, 0.6) is 0 Å². The van der Waals surface area contributed by atoms with E-state index < -0.39 is 0 Å². The average molecular weight is 366 g/mol. The van der Waals surface area contributed by atoms with Gasteiger partial charge in [-0.05, 0) is 24.5 Å². The molecule has 4 rings (SSSR count). The van der Waals surface area contributed by atoms with Gasteiger partial charge in [0.2, 0.25) is 0 Å². The van der Waals surface area contributed by atoms with Gasteiger partial charge in [-0.25, -0.2) is 0 Å². The molecule has 0 unspecified atom stereocenters. The van der Waals surface area contributed by atoms with E-state index in [-0.39, 0.29) is 11.0 Å². The number of halogens is 1. The van der Waals surface area contributed by atoms with E-state index in [9.17, 15) is 0 Å². The molecule has 0 saturated carbocycles. The van der Waals surface area contributed by atoms with Crippen LogP contribution in [0.3, 0.4) is 0 Å². The van der Waals surface area contributed by atoms with Crippen LogP contribution in [0.1, 0.15) is 42.7 Å². The minimum absolute atomic E-state index is 0.0607. The third kappa shape index (κ3) is 2.81. The highest BCUT2D eigenvalue weighted by atomic mass is 35.5. The predicted octanol–water partition coefficient (Wildman–Crippen LogP) is 3.93. The Morgan fingerprint density at radius 1 is 1.33 bits per heavy atom. The second-order valence-corrected chi connectivity index (χ2v) is 9.44. The number of thiophene rings is 1. The third-order valence-electron chi connectivity index (χ3n) is 5.35. The number of fused-ring (bicyclic) bond motifs is 2. The van der Waals surface area contributed by atoms with E-state index in [1.165, 1.54) is 16.0 Å². The number of likely N-dealkylation sites (tertiary alicyclic amines) is 1. The molecule has 0 aromatic carbocycles. The van der Waals surface area contributed by atoms with Crippen molar-refractivity contribution in [2.24, 2.45) is 7.05 Å². The lowest BCUT2D eigenvalue weighted by Crippen LogP contribution is -2.49. The van der Waals surface area contributed by atoms with Gasteiger partial charge in [-0.3, -0.25) is 9.58 Å². The van der Waals surface area contributed by atoms with E-state index in [4.69, 9.17) is 16.3 Å². The topological polar surface area (TPSA) is 30.3 Å². The monoisotopic (exact) mass is 365 g/mol. The summed E-state index contributed by atoms with van der Waals surface area (Å²) in [5.74, 6) is 0. The summed E-state index contributed by atoms with van der Waals surface area (Å²) in [6, 6.07) is 2.15. The number of rotatable bonds is 2. The molecule has 1 saturated heterocycles. The first-order chi connectivity index (χ1) is 11.4. The van der Waals surface area contributed by atoms with E-state index in [1.54, 1.807) is 11.3 Å². The van der Waals surface area contributed by atoms with Crippen molar-refractivity contribution in [2.75, 3.05) is 19.7 Å². The van der Waals surface area contributed by atoms with Gasteiger partial charge in [0.1, 0.15) is 0 Å². The lowest BCUT2D eigenvalue weighted by atomic mass is 9.76. The molecular formula is C18H24ClN3OS. The van der Waals surface area contributed by atoms with Crippen LogP contribution in [0.2, 0.25) is 4.34 Å². The highest BCUT2D eigenvalue weighted by Gasteiger charge is 2.47. The minimum atomic E-state index is -0.139. The Hall–Kier alpha value is -0.880. The minimum Gasteiger partial charge on any atom is -0.369 e. The molecule has 24 heavy (non-hydrogen) atoms. The fraction of sp³-hybridized carbons (Fsp3) is 0.611. The summed E-state index contributed by atoms with van der Waals surface area (Å²) in [5.41, 5.74) is 2.54. The second kappa shape index (κ2) is 5.84. The van der Waals surface area contributed by atoms with E-state index in [2.05, 4.69) is 36.1 Å². The molecule has 2 aromatic rings. The maximum Gasteiger partial charge on any atom is 0.0967 e. The summed E-state index contributed by atoms with van der Waals surface area (Å²) in [6.07, 6.45) is 6.12. The van der Waals surface area contributed by atoms with Gasteiger partial charge in [0.25, 0.3) is 0 Å². The van der Waals surface area contributed by atoms with E-state index in [1.807, 2.05) is 17.9 Å². The molecular weight excluding hydrogens is 342 g/mol. The quantitative estimate of drug-likeness (QED) is 0.807. The summed E-state index contributed by atoms with van der Waals surface area (Å²) in [6.45, 7) is 8.34. The largest absolute Gasteiger partial charge is 0.369 e. The van der Waals surface area contributed by atoms with Crippen molar-refractivity contribution in [3.63, 3.8) is 0 Å². The van der Waals surface area contributed by atoms with Crippen LogP contribution in [0, 0.1) is 0 Å². The predicted molar refractivity (Wildman–Crippen MR) is 97.7 cm³/mol. The molecule has 1 spiro atoms. The van der Waals surface area contributed by atoms with Crippen LogP contribution in [0.4, 0.5) is 0 Å². The Labute approximate surface area is 152 Å². The lowest BCUT2D eigenvalue weighted by Gasteiger charge is -2.47. The zero-order valence-electron chi connectivity index (χ0n) is 14.5. The van der Waals surface area contributed by atoms with Crippen LogP contribution in [0.25, 0.3) is 0 Å². The van der Waals surface area contributed by atoms with Crippen molar-refractivity contribution in [1.82, 2.24) is 14.7 Å². The number of ether oxygens (including phenoxy) is 1. The number of hydrogen-bond acceptors (Lipinski definition) is 4. The van der Waals surface area contributed by atoms with Crippen LogP contribution in [-0.2, 0) is 29.3 Å². The molecule has 6 heteroatoms. The van der Waals surface area contributed by atoms with Crippen LogP contribution in [0.15, 0.2) is 18.5 Å². The SMILES string of the molecule is Cn1cc(CN2CCC3(CC2)OCC(C)(C)c2sc(Cl)cc23)cn1. The number of aryl methyl sites for hydroxylation is 1. The summed E-state index contributed by atoms with van der Waals surface area (Å²) in [4.78, 5) is 3.92. The first-order valence-corrected chi connectivity index (χ1v) is 9.72. The van der Waals surface area contributed by atoms with Crippen LogP contribution in [-0.4, -0.2) is 34.4 Å². The van der Waals surface area contributed by atoms with Gasteiger partial charge in [0, 0.05) is 48.7 Å². The Bertz CT molecular complexity index is 743. The zero-order valence-corrected chi connectivity index (χ0v) is 16.1. The average Bonchev–Trinajstić information content (AvgIpc) is 3.13. The Kier molecular flexibility index (Phi) is 4.03. The fourth-order valence-corrected chi connectivity index (χ4v) is 5.36. The molecule has 4 nitrogen and oxygen atoms in total. The number of piperidine rings is 1. The van der Waals surface area contributed by atoms with Crippen molar-refractivity contribution in [3.8, 4) is 0 Å². The maximum atomic E-state index is 6.47. The highest BCUT2D eigenvalue weighted by Crippen LogP contribution is 2.50. The maximum absolute atomic E-state index is 6.47. The first-order valence-electron chi connectivity index (χ1n) is 8.52. The number of hydrogen-bond donors (Lipinski definition) is 0. The van der Waals surface area contributed by atoms with Gasteiger partial charge >= 0.3 is 0 Å². The molecule has 0 aliphatic carbocycles.